The van der Waals surface area contributed by atoms with Gasteiger partial charge >= 0.3 is 0 Å². The summed E-state index contributed by atoms with van der Waals surface area (Å²) in [5, 5.41) is 1.40. The molecular formula is C19H30N2. The van der Waals surface area contributed by atoms with Crippen molar-refractivity contribution in [3.05, 3.63) is 29.2 Å². The molecule has 2 rings (SSSR count). The maximum Gasteiger partial charge on any atom is 0.0674 e. The summed E-state index contributed by atoms with van der Waals surface area (Å²) in [6.07, 6.45) is 2.09. The lowest BCUT2D eigenvalue weighted by Gasteiger charge is -2.19. The summed E-state index contributed by atoms with van der Waals surface area (Å²) in [6, 6.07) is 2.78. The van der Waals surface area contributed by atoms with E-state index < -0.39 is 0 Å². The van der Waals surface area contributed by atoms with Crippen molar-refractivity contribution in [1.82, 2.24) is 9.55 Å². The number of aromatic nitrogens is 2. The maximum absolute atomic E-state index is 4.70. The Bertz CT molecular complexity index is 631. The van der Waals surface area contributed by atoms with Crippen molar-refractivity contribution in [2.45, 2.75) is 79.2 Å². The normalized spacial score (nSPS) is 12.6. The molecule has 2 heteroatoms. The number of rotatable bonds is 4. The molecule has 0 spiro atoms. The van der Waals surface area contributed by atoms with Crippen molar-refractivity contribution in [2.24, 2.45) is 0 Å². The van der Waals surface area contributed by atoms with Gasteiger partial charge in [0.2, 0.25) is 0 Å². The van der Waals surface area contributed by atoms with Crippen LogP contribution in [-0.4, -0.2) is 9.55 Å². The fourth-order valence-corrected chi connectivity index (χ4v) is 3.34. The second-order valence-corrected chi connectivity index (χ2v) is 7.35. The quantitative estimate of drug-likeness (QED) is 0.675. The van der Waals surface area contributed by atoms with Gasteiger partial charge in [0.1, 0.15) is 0 Å². The summed E-state index contributed by atoms with van der Waals surface area (Å²) in [7, 11) is 0. The highest BCUT2D eigenvalue weighted by Crippen LogP contribution is 2.38. The third-order valence-corrected chi connectivity index (χ3v) is 4.22. The summed E-state index contributed by atoms with van der Waals surface area (Å²) in [5.41, 5.74) is 5.48. The van der Waals surface area contributed by atoms with Crippen molar-refractivity contribution in [3.63, 3.8) is 0 Å². The van der Waals surface area contributed by atoms with E-state index in [4.69, 9.17) is 4.98 Å². The first-order valence-corrected chi connectivity index (χ1v) is 8.29. The van der Waals surface area contributed by atoms with E-state index >= 15 is 0 Å². The van der Waals surface area contributed by atoms with E-state index in [9.17, 15) is 0 Å². The third-order valence-electron chi connectivity index (χ3n) is 4.22. The van der Waals surface area contributed by atoms with Crippen LogP contribution in [0.3, 0.4) is 0 Å². The molecule has 116 valence electrons. The van der Waals surface area contributed by atoms with Crippen LogP contribution in [0.2, 0.25) is 0 Å². The Kier molecular flexibility index (Phi) is 4.46. The van der Waals surface area contributed by atoms with Gasteiger partial charge in [0, 0.05) is 22.8 Å². The fourth-order valence-electron chi connectivity index (χ4n) is 3.34. The second kappa shape index (κ2) is 5.82. The van der Waals surface area contributed by atoms with Gasteiger partial charge in [0.25, 0.3) is 0 Å². The van der Waals surface area contributed by atoms with Gasteiger partial charge in [0.05, 0.1) is 11.7 Å². The van der Waals surface area contributed by atoms with E-state index in [-0.39, 0.29) is 0 Å². The maximum atomic E-state index is 4.70. The number of pyridine rings is 1. The molecule has 0 aromatic carbocycles. The van der Waals surface area contributed by atoms with Crippen molar-refractivity contribution in [1.29, 1.82) is 0 Å². The van der Waals surface area contributed by atoms with E-state index in [1.54, 1.807) is 0 Å². The Morgan fingerprint density at radius 1 is 0.857 bits per heavy atom. The molecule has 0 fully saturated rings. The first-order chi connectivity index (χ1) is 9.75. The van der Waals surface area contributed by atoms with Crippen LogP contribution in [0.25, 0.3) is 10.9 Å². The number of fused-ring (bicyclic) bond motifs is 1. The van der Waals surface area contributed by atoms with Gasteiger partial charge in [-0.05, 0) is 43.2 Å². The minimum absolute atomic E-state index is 0.462. The molecule has 2 aromatic rings. The Hall–Kier alpha value is -1.31. The van der Waals surface area contributed by atoms with Crippen molar-refractivity contribution in [3.8, 4) is 0 Å². The summed E-state index contributed by atoms with van der Waals surface area (Å²) in [4.78, 5) is 4.70. The fraction of sp³-hybridized carbons (Fsp3) is 0.632. The van der Waals surface area contributed by atoms with E-state index in [1.807, 2.05) is 0 Å². The molecule has 0 radical (unpaired) electrons. The highest BCUT2D eigenvalue weighted by atomic mass is 15.0. The van der Waals surface area contributed by atoms with E-state index in [2.05, 4.69) is 72.2 Å². The molecule has 0 atom stereocenters. The molecule has 0 aliphatic heterocycles. The average molecular weight is 286 g/mol. The van der Waals surface area contributed by atoms with Crippen LogP contribution in [0, 0.1) is 0 Å². The molecule has 2 nitrogen and oxygen atoms in total. The Labute approximate surface area is 129 Å². The topological polar surface area (TPSA) is 17.8 Å². The first-order valence-electron chi connectivity index (χ1n) is 8.29. The van der Waals surface area contributed by atoms with Crippen molar-refractivity contribution < 1.29 is 0 Å². The molecule has 0 saturated carbocycles. The standard InChI is InChI=1S/C19H30N2/c1-11(2)16-9-15-17(10-20-16)21(14(7)8)19(13(5)6)18(15)12(3)4/h9-14H,1-8H3. The number of nitrogens with zero attached hydrogens (tertiary/aromatic N) is 2. The van der Waals surface area contributed by atoms with Gasteiger partial charge in [-0.25, -0.2) is 0 Å². The highest BCUT2D eigenvalue weighted by Gasteiger charge is 2.23. The zero-order valence-electron chi connectivity index (χ0n) is 14.9. The molecule has 2 heterocycles. The molecule has 0 aliphatic carbocycles. The van der Waals surface area contributed by atoms with Gasteiger partial charge in [-0.2, -0.15) is 0 Å². The van der Waals surface area contributed by atoms with Crippen LogP contribution in [0.5, 0.6) is 0 Å². The molecule has 2 aromatic heterocycles. The van der Waals surface area contributed by atoms with Crippen molar-refractivity contribution >= 4 is 10.9 Å². The molecule has 0 amide bonds. The van der Waals surface area contributed by atoms with Gasteiger partial charge in [-0.1, -0.05) is 41.5 Å². The largest absolute Gasteiger partial charge is 0.340 e. The summed E-state index contributed by atoms with van der Waals surface area (Å²) in [5.74, 6) is 1.53. The molecule has 0 saturated heterocycles. The molecular weight excluding hydrogens is 256 g/mol. The molecule has 21 heavy (non-hydrogen) atoms. The minimum Gasteiger partial charge on any atom is -0.340 e. The second-order valence-electron chi connectivity index (χ2n) is 7.35. The number of hydrogen-bond donors (Lipinski definition) is 0. The van der Waals surface area contributed by atoms with Crippen LogP contribution >= 0.6 is 0 Å². The molecule has 0 aliphatic rings. The van der Waals surface area contributed by atoms with Crippen LogP contribution in [0.15, 0.2) is 12.3 Å². The monoisotopic (exact) mass is 286 g/mol. The van der Waals surface area contributed by atoms with Gasteiger partial charge in [0.15, 0.2) is 0 Å². The summed E-state index contributed by atoms with van der Waals surface area (Å²) >= 11 is 0. The molecule has 0 unspecified atom stereocenters. The van der Waals surface area contributed by atoms with E-state index in [0.29, 0.717) is 23.8 Å². The minimum atomic E-state index is 0.462. The zero-order chi connectivity index (χ0) is 15.9. The SMILES string of the molecule is CC(C)c1cc2c(C(C)C)c(C(C)C)n(C(C)C)c2cn1. The Morgan fingerprint density at radius 3 is 1.90 bits per heavy atom. The third kappa shape index (κ3) is 2.73. The lowest BCUT2D eigenvalue weighted by molar-refractivity contribution is 0.569. The van der Waals surface area contributed by atoms with Crippen LogP contribution in [-0.2, 0) is 0 Å². The predicted molar refractivity (Wildman–Crippen MR) is 92.4 cm³/mol. The number of hydrogen-bond acceptors (Lipinski definition) is 1. The Balaban J connectivity index is 2.90. The molecule has 0 N–H and O–H groups in total. The highest BCUT2D eigenvalue weighted by molar-refractivity contribution is 5.86. The van der Waals surface area contributed by atoms with Gasteiger partial charge < -0.3 is 4.57 Å². The van der Waals surface area contributed by atoms with E-state index in [0.717, 1.165) is 0 Å². The average Bonchev–Trinajstić information content (AvgIpc) is 2.72. The van der Waals surface area contributed by atoms with Crippen LogP contribution < -0.4 is 0 Å². The van der Waals surface area contributed by atoms with Crippen LogP contribution in [0.4, 0.5) is 0 Å². The lowest BCUT2D eigenvalue weighted by atomic mass is 9.94. The smallest absolute Gasteiger partial charge is 0.0674 e. The predicted octanol–water partition coefficient (Wildman–Crippen LogP) is 5.99. The lowest BCUT2D eigenvalue weighted by Crippen LogP contribution is -2.09. The molecule has 0 bridgehead atoms. The Morgan fingerprint density at radius 2 is 1.48 bits per heavy atom. The first kappa shape index (κ1) is 16.1. The summed E-state index contributed by atoms with van der Waals surface area (Å²) in [6.45, 7) is 18.2. The van der Waals surface area contributed by atoms with Gasteiger partial charge in [-0.15, -0.1) is 0 Å². The summed E-state index contributed by atoms with van der Waals surface area (Å²) < 4.78 is 2.49. The van der Waals surface area contributed by atoms with Crippen molar-refractivity contribution in [2.75, 3.05) is 0 Å². The van der Waals surface area contributed by atoms with Gasteiger partial charge in [-0.3, -0.25) is 4.98 Å². The zero-order valence-corrected chi connectivity index (χ0v) is 14.9. The van der Waals surface area contributed by atoms with E-state index in [1.165, 1.54) is 27.9 Å². The van der Waals surface area contributed by atoms with Crippen LogP contribution in [0.1, 0.15) is 96.1 Å².